The highest BCUT2D eigenvalue weighted by atomic mass is 35.5. The van der Waals surface area contributed by atoms with E-state index >= 15 is 0 Å². The maximum atomic E-state index is 12.9. The van der Waals surface area contributed by atoms with Crippen molar-refractivity contribution in [3.8, 4) is 0 Å². The quantitative estimate of drug-likeness (QED) is 0.706. The predicted octanol–water partition coefficient (Wildman–Crippen LogP) is 2.31. The maximum absolute atomic E-state index is 12.9. The summed E-state index contributed by atoms with van der Waals surface area (Å²) in [7, 11) is -6.97. The molecule has 2 fully saturated rings. The first-order valence-electron chi connectivity index (χ1n) is 8.53. The molecule has 0 saturated carbocycles. The molecule has 9 heteroatoms. The molecule has 2 aliphatic rings. The van der Waals surface area contributed by atoms with Crippen LogP contribution in [0.25, 0.3) is 6.08 Å². The first kappa shape index (κ1) is 19.8. The van der Waals surface area contributed by atoms with Gasteiger partial charge in [0, 0.05) is 29.6 Å². The number of sulfonamides is 1. The van der Waals surface area contributed by atoms with E-state index in [9.17, 15) is 16.8 Å². The van der Waals surface area contributed by atoms with E-state index in [1.807, 2.05) is 0 Å². The Morgan fingerprint density at radius 3 is 2.54 bits per heavy atom. The van der Waals surface area contributed by atoms with Crippen molar-refractivity contribution in [2.75, 3.05) is 24.7 Å². The summed E-state index contributed by atoms with van der Waals surface area (Å²) in [6, 6.07) is 6.27. The van der Waals surface area contributed by atoms with Crippen LogP contribution in [0.4, 0.5) is 0 Å². The van der Waals surface area contributed by atoms with Gasteiger partial charge in [-0.05, 0) is 43.0 Å². The molecule has 1 aromatic rings. The molecule has 144 valence electrons. The molecule has 2 heterocycles. The first-order valence-corrected chi connectivity index (χ1v) is 12.2. The Balaban J connectivity index is 1.82. The average molecular weight is 420 g/mol. The van der Waals surface area contributed by atoms with Crippen LogP contribution in [0.15, 0.2) is 29.7 Å². The second kappa shape index (κ2) is 7.98. The highest BCUT2D eigenvalue weighted by molar-refractivity contribution is 7.93. The third kappa shape index (κ3) is 5.07. The minimum absolute atomic E-state index is 0.0239. The van der Waals surface area contributed by atoms with E-state index in [4.69, 9.17) is 16.3 Å². The Morgan fingerprint density at radius 2 is 1.96 bits per heavy atom. The van der Waals surface area contributed by atoms with Crippen molar-refractivity contribution in [2.24, 2.45) is 0 Å². The monoisotopic (exact) mass is 419 g/mol. The molecular weight excluding hydrogens is 398 g/mol. The summed E-state index contributed by atoms with van der Waals surface area (Å²) in [5.41, 5.74) is 0.703. The Kier molecular flexibility index (Phi) is 6.08. The van der Waals surface area contributed by atoms with Crippen LogP contribution in [-0.2, 0) is 24.6 Å². The number of halogens is 1. The minimum Gasteiger partial charge on any atom is -0.377 e. The Morgan fingerprint density at radius 1 is 1.23 bits per heavy atom. The molecule has 6 nitrogen and oxygen atoms in total. The molecule has 0 aliphatic carbocycles. The van der Waals surface area contributed by atoms with Crippen LogP contribution in [0.5, 0.6) is 0 Å². The molecule has 0 bridgehead atoms. The molecule has 3 rings (SSSR count). The van der Waals surface area contributed by atoms with Crippen LogP contribution in [0.1, 0.15) is 24.8 Å². The first-order chi connectivity index (χ1) is 12.3. The number of sulfone groups is 1. The van der Waals surface area contributed by atoms with Crippen LogP contribution in [0, 0.1) is 0 Å². The molecule has 0 aromatic heterocycles. The Hall–Kier alpha value is -0.930. The van der Waals surface area contributed by atoms with Crippen molar-refractivity contribution in [3.05, 3.63) is 40.3 Å². The molecule has 2 atom stereocenters. The second-order valence-electron chi connectivity index (χ2n) is 6.66. The van der Waals surface area contributed by atoms with E-state index in [1.165, 1.54) is 10.4 Å². The van der Waals surface area contributed by atoms with Gasteiger partial charge >= 0.3 is 0 Å². The van der Waals surface area contributed by atoms with Crippen molar-refractivity contribution in [1.82, 2.24) is 4.31 Å². The Bertz CT molecular complexity index is 859. The van der Waals surface area contributed by atoms with E-state index in [-0.39, 0.29) is 24.2 Å². The van der Waals surface area contributed by atoms with Gasteiger partial charge in [-0.15, -0.1) is 0 Å². The van der Waals surface area contributed by atoms with Crippen molar-refractivity contribution in [2.45, 2.75) is 31.4 Å². The van der Waals surface area contributed by atoms with Crippen LogP contribution in [0.3, 0.4) is 0 Å². The lowest BCUT2D eigenvalue weighted by Gasteiger charge is -2.28. The van der Waals surface area contributed by atoms with Crippen molar-refractivity contribution in [3.63, 3.8) is 0 Å². The second-order valence-corrected chi connectivity index (χ2v) is 11.1. The van der Waals surface area contributed by atoms with Crippen LogP contribution in [0.2, 0.25) is 5.02 Å². The normalized spacial score (nSPS) is 26.1. The molecule has 0 radical (unpaired) electrons. The summed E-state index contributed by atoms with van der Waals surface area (Å²) in [5.74, 6) is -0.107. The zero-order valence-corrected chi connectivity index (χ0v) is 16.6. The van der Waals surface area contributed by atoms with E-state index in [1.54, 1.807) is 24.3 Å². The third-order valence-corrected chi connectivity index (χ3v) is 8.24. The number of hydrogen-bond donors (Lipinski definition) is 0. The molecule has 0 spiro atoms. The SMILES string of the molecule is O=S1(=O)CC[C@@H](N(C[C@H]2CCCO2)S(=O)(=O)/C=C/c2ccc(Cl)cc2)C1. The van der Waals surface area contributed by atoms with Crippen LogP contribution in [-0.4, -0.2) is 57.9 Å². The van der Waals surface area contributed by atoms with Gasteiger partial charge in [-0.2, -0.15) is 4.31 Å². The summed E-state index contributed by atoms with van der Waals surface area (Å²) in [6.07, 6.45) is 3.31. The molecule has 0 amide bonds. The fraction of sp³-hybridized carbons (Fsp3) is 0.529. The van der Waals surface area contributed by atoms with Gasteiger partial charge < -0.3 is 4.74 Å². The van der Waals surface area contributed by atoms with E-state index in [0.717, 1.165) is 18.2 Å². The molecule has 0 N–H and O–H groups in total. The number of rotatable bonds is 6. The lowest BCUT2D eigenvalue weighted by atomic mass is 10.2. The summed E-state index contributed by atoms with van der Waals surface area (Å²) >= 11 is 5.84. The topological polar surface area (TPSA) is 80.8 Å². The van der Waals surface area contributed by atoms with Gasteiger partial charge in [0.25, 0.3) is 0 Å². The number of benzene rings is 1. The fourth-order valence-electron chi connectivity index (χ4n) is 3.27. The van der Waals surface area contributed by atoms with Gasteiger partial charge in [-0.1, -0.05) is 23.7 Å². The van der Waals surface area contributed by atoms with Gasteiger partial charge in [0.1, 0.15) is 0 Å². The third-order valence-electron chi connectivity index (χ3n) is 4.65. The zero-order valence-electron chi connectivity index (χ0n) is 14.3. The number of hydrogen-bond acceptors (Lipinski definition) is 5. The van der Waals surface area contributed by atoms with Crippen LogP contribution < -0.4 is 0 Å². The summed E-state index contributed by atoms with van der Waals surface area (Å²) in [6.45, 7) is 0.801. The van der Waals surface area contributed by atoms with Crippen molar-refractivity contribution >= 4 is 37.5 Å². The fourth-order valence-corrected chi connectivity index (χ4v) is 6.67. The van der Waals surface area contributed by atoms with E-state index in [2.05, 4.69) is 0 Å². The smallest absolute Gasteiger partial charge is 0.236 e. The number of nitrogens with zero attached hydrogens (tertiary/aromatic N) is 1. The van der Waals surface area contributed by atoms with E-state index < -0.39 is 25.9 Å². The summed E-state index contributed by atoms with van der Waals surface area (Å²) in [4.78, 5) is 0. The minimum atomic E-state index is -3.78. The van der Waals surface area contributed by atoms with Gasteiger partial charge in [-0.25, -0.2) is 16.8 Å². The van der Waals surface area contributed by atoms with E-state index in [0.29, 0.717) is 23.6 Å². The molecule has 0 unspecified atom stereocenters. The largest absolute Gasteiger partial charge is 0.377 e. The van der Waals surface area contributed by atoms with Gasteiger partial charge in [0.2, 0.25) is 10.0 Å². The molecule has 26 heavy (non-hydrogen) atoms. The Labute approximate surface area is 159 Å². The van der Waals surface area contributed by atoms with Crippen LogP contribution >= 0.6 is 11.6 Å². The van der Waals surface area contributed by atoms with Crippen molar-refractivity contribution < 1.29 is 21.6 Å². The maximum Gasteiger partial charge on any atom is 0.236 e. The standard InChI is InChI=1S/C17H22ClNO5S2/c18-15-5-3-14(4-6-15)7-11-26(22,23)19(12-17-2-1-9-24-17)16-8-10-25(20,21)13-16/h3-7,11,16-17H,1-2,8-10,12-13H2/b11-7+/t16-,17-/m1/s1. The van der Waals surface area contributed by atoms with Gasteiger partial charge in [0.05, 0.1) is 17.6 Å². The van der Waals surface area contributed by atoms with Crippen molar-refractivity contribution in [1.29, 1.82) is 0 Å². The number of ether oxygens (including phenoxy) is 1. The zero-order chi connectivity index (χ0) is 18.8. The summed E-state index contributed by atoms with van der Waals surface area (Å²) in [5, 5.41) is 1.71. The lowest BCUT2D eigenvalue weighted by molar-refractivity contribution is 0.0880. The molecule has 2 aliphatic heterocycles. The molecule has 1 aromatic carbocycles. The summed E-state index contributed by atoms with van der Waals surface area (Å²) < 4.78 is 56.4. The van der Waals surface area contributed by atoms with Gasteiger partial charge in [-0.3, -0.25) is 0 Å². The molecule has 2 saturated heterocycles. The predicted molar refractivity (Wildman–Crippen MR) is 102 cm³/mol. The lowest BCUT2D eigenvalue weighted by Crippen LogP contribution is -2.44. The van der Waals surface area contributed by atoms with Gasteiger partial charge in [0.15, 0.2) is 9.84 Å². The average Bonchev–Trinajstić information content (AvgIpc) is 3.21. The molecular formula is C17H22ClNO5S2. The highest BCUT2D eigenvalue weighted by Crippen LogP contribution is 2.25. The highest BCUT2D eigenvalue weighted by Gasteiger charge is 2.38.